The van der Waals surface area contributed by atoms with E-state index in [-0.39, 0.29) is 16.1 Å². The van der Waals surface area contributed by atoms with Crippen LogP contribution in [0.15, 0.2) is 51.8 Å². The zero-order valence-electron chi connectivity index (χ0n) is 14.1. The first-order chi connectivity index (χ1) is 11.8. The van der Waals surface area contributed by atoms with E-state index in [9.17, 15) is 13.2 Å². The van der Waals surface area contributed by atoms with Gasteiger partial charge in [-0.15, -0.1) is 4.40 Å². The number of nitrogens with two attached hydrogens (primary N) is 1. The van der Waals surface area contributed by atoms with Crippen molar-refractivity contribution in [1.29, 1.82) is 0 Å². The van der Waals surface area contributed by atoms with Crippen LogP contribution in [-0.2, 0) is 14.8 Å². The molecule has 0 fully saturated rings. The molecule has 0 radical (unpaired) electrons. The van der Waals surface area contributed by atoms with Crippen molar-refractivity contribution in [3.05, 3.63) is 48.0 Å². The summed E-state index contributed by atoms with van der Waals surface area (Å²) in [5.41, 5.74) is 7.15. The summed E-state index contributed by atoms with van der Waals surface area (Å²) in [5.74, 6) is -0.681. The summed E-state index contributed by atoms with van der Waals surface area (Å²) >= 11 is 0. The first-order valence-electron chi connectivity index (χ1n) is 7.30. The number of anilines is 1. The zero-order valence-corrected chi connectivity index (χ0v) is 14.9. The largest absolute Gasteiger partial charge is 0.465 e. The highest BCUT2D eigenvalue weighted by atomic mass is 32.2. The number of carbonyl (C=O) groups is 1. The van der Waals surface area contributed by atoms with Gasteiger partial charge in [-0.3, -0.25) is 0 Å². The lowest BCUT2D eigenvalue weighted by atomic mass is 10.0. The smallest absolute Gasteiger partial charge is 0.337 e. The van der Waals surface area contributed by atoms with Crippen molar-refractivity contribution in [3.63, 3.8) is 0 Å². The fourth-order valence-corrected chi connectivity index (χ4v) is 3.40. The molecule has 8 heteroatoms. The van der Waals surface area contributed by atoms with E-state index in [4.69, 9.17) is 5.73 Å². The Morgan fingerprint density at radius 3 is 2.40 bits per heavy atom. The van der Waals surface area contributed by atoms with Crippen molar-refractivity contribution in [2.24, 2.45) is 4.40 Å². The molecule has 0 aliphatic carbocycles. The number of esters is 1. The number of nitrogens with zero attached hydrogens (tertiary/aromatic N) is 2. The Balaban J connectivity index is 2.78. The highest BCUT2D eigenvalue weighted by Gasteiger charge is 2.24. The molecule has 0 unspecified atom stereocenters. The molecule has 0 atom stereocenters. The van der Waals surface area contributed by atoms with Gasteiger partial charge < -0.3 is 15.4 Å². The maximum absolute atomic E-state index is 12.7. The predicted molar refractivity (Wildman–Crippen MR) is 97.0 cm³/mol. The lowest BCUT2D eigenvalue weighted by Gasteiger charge is -2.13. The van der Waals surface area contributed by atoms with E-state index < -0.39 is 16.0 Å². The normalized spacial score (nSPS) is 11.5. The lowest BCUT2D eigenvalue weighted by Crippen LogP contribution is -2.12. The number of nitrogen functional groups attached to an aromatic ring is 1. The van der Waals surface area contributed by atoms with Crippen LogP contribution in [0, 0.1) is 0 Å². The Bertz CT molecular complexity index is 907. The number of hydrogen-bond donors (Lipinski definition) is 1. The number of hydrogen-bond acceptors (Lipinski definition) is 5. The molecule has 0 aliphatic heterocycles. The SMILES string of the molecule is COC(=O)c1cc(N)c(-c2ccccc2)c(S(=O)(=O)/N=C/N(C)C)c1. The predicted octanol–water partition coefficient (Wildman–Crippen LogP) is 2.00. The number of benzene rings is 2. The zero-order chi connectivity index (χ0) is 18.6. The van der Waals surface area contributed by atoms with Gasteiger partial charge >= 0.3 is 5.97 Å². The fourth-order valence-electron chi connectivity index (χ4n) is 2.20. The first kappa shape index (κ1) is 18.5. The van der Waals surface area contributed by atoms with E-state index in [1.54, 1.807) is 44.4 Å². The van der Waals surface area contributed by atoms with Crippen LogP contribution >= 0.6 is 0 Å². The molecule has 0 heterocycles. The number of carbonyl (C=O) groups excluding carboxylic acids is 1. The molecule has 0 amide bonds. The standard InChI is InChI=1S/C17H19N3O4S/c1-20(2)11-19-25(22,23)15-10-13(17(21)24-3)9-14(18)16(15)12-7-5-4-6-8-12/h4-11H,18H2,1-3H3/b19-11+. The number of methoxy groups -OCH3 is 1. The van der Waals surface area contributed by atoms with Gasteiger partial charge in [0.15, 0.2) is 0 Å². The van der Waals surface area contributed by atoms with Crippen molar-refractivity contribution in [2.75, 3.05) is 26.9 Å². The molecule has 0 bridgehead atoms. The molecule has 2 rings (SSSR count). The molecule has 2 aromatic rings. The van der Waals surface area contributed by atoms with Crippen LogP contribution in [0.1, 0.15) is 10.4 Å². The summed E-state index contributed by atoms with van der Waals surface area (Å²) in [7, 11) is 0.428. The first-order valence-corrected chi connectivity index (χ1v) is 8.74. The molecule has 0 saturated heterocycles. The summed E-state index contributed by atoms with van der Waals surface area (Å²) in [5, 5.41) is 0. The summed E-state index contributed by atoms with van der Waals surface area (Å²) in [4.78, 5) is 13.2. The third-order valence-electron chi connectivity index (χ3n) is 3.31. The van der Waals surface area contributed by atoms with Gasteiger partial charge in [-0.25, -0.2) is 4.79 Å². The van der Waals surface area contributed by atoms with Gasteiger partial charge in [0.2, 0.25) is 0 Å². The summed E-state index contributed by atoms with van der Waals surface area (Å²) in [6.45, 7) is 0. The quantitative estimate of drug-likeness (QED) is 0.378. The van der Waals surface area contributed by atoms with Crippen LogP contribution in [0.2, 0.25) is 0 Å². The van der Waals surface area contributed by atoms with Crippen molar-refractivity contribution in [1.82, 2.24) is 4.90 Å². The second-order valence-corrected chi connectivity index (χ2v) is 7.06. The van der Waals surface area contributed by atoms with Crippen molar-refractivity contribution in [3.8, 4) is 11.1 Å². The van der Waals surface area contributed by atoms with Gasteiger partial charge in [0.05, 0.1) is 12.7 Å². The third kappa shape index (κ3) is 4.16. The van der Waals surface area contributed by atoms with E-state index in [2.05, 4.69) is 9.13 Å². The topological polar surface area (TPSA) is 102 Å². The van der Waals surface area contributed by atoms with Gasteiger partial charge in [0.1, 0.15) is 11.2 Å². The summed E-state index contributed by atoms with van der Waals surface area (Å²) in [6, 6.07) is 11.4. The molecular weight excluding hydrogens is 342 g/mol. The average Bonchev–Trinajstić information content (AvgIpc) is 2.59. The number of rotatable bonds is 5. The Labute approximate surface area is 146 Å². The molecular formula is C17H19N3O4S. The molecule has 0 saturated carbocycles. The number of sulfonamides is 1. The minimum absolute atomic E-state index is 0.0401. The fraction of sp³-hybridized carbons (Fsp3) is 0.176. The highest BCUT2D eigenvalue weighted by molar-refractivity contribution is 7.90. The molecule has 0 aromatic heterocycles. The summed E-state index contributed by atoms with van der Waals surface area (Å²) < 4.78 is 33.7. The third-order valence-corrected chi connectivity index (χ3v) is 4.56. The summed E-state index contributed by atoms with van der Waals surface area (Å²) in [6.07, 6.45) is 1.17. The minimum atomic E-state index is -4.08. The monoisotopic (exact) mass is 361 g/mol. The van der Waals surface area contributed by atoms with Gasteiger partial charge in [0, 0.05) is 25.3 Å². The Morgan fingerprint density at radius 1 is 1.20 bits per heavy atom. The van der Waals surface area contributed by atoms with Crippen LogP contribution < -0.4 is 5.73 Å². The number of ether oxygens (including phenoxy) is 1. The Kier molecular flexibility index (Phi) is 5.43. The molecule has 2 N–H and O–H groups in total. The second-order valence-electron chi connectivity index (χ2n) is 5.46. The van der Waals surface area contributed by atoms with Gasteiger partial charge in [0.25, 0.3) is 10.0 Å². The van der Waals surface area contributed by atoms with E-state index >= 15 is 0 Å². The van der Waals surface area contributed by atoms with Gasteiger partial charge in [-0.2, -0.15) is 8.42 Å². The average molecular weight is 361 g/mol. The minimum Gasteiger partial charge on any atom is -0.465 e. The molecule has 7 nitrogen and oxygen atoms in total. The molecule has 2 aromatic carbocycles. The second kappa shape index (κ2) is 7.35. The van der Waals surface area contributed by atoms with Crippen molar-refractivity contribution >= 4 is 28.0 Å². The van der Waals surface area contributed by atoms with E-state index in [0.717, 1.165) is 0 Å². The van der Waals surface area contributed by atoms with Crippen LogP contribution in [0.25, 0.3) is 11.1 Å². The lowest BCUT2D eigenvalue weighted by molar-refractivity contribution is 0.0600. The molecule has 25 heavy (non-hydrogen) atoms. The van der Waals surface area contributed by atoms with Gasteiger partial charge in [-0.1, -0.05) is 30.3 Å². The molecule has 0 aliphatic rings. The maximum atomic E-state index is 12.7. The van der Waals surface area contributed by atoms with Crippen LogP contribution in [0.4, 0.5) is 5.69 Å². The molecule has 0 spiro atoms. The molecule has 132 valence electrons. The van der Waals surface area contributed by atoms with E-state index in [1.807, 2.05) is 0 Å². The maximum Gasteiger partial charge on any atom is 0.337 e. The van der Waals surface area contributed by atoms with Crippen LogP contribution in [-0.4, -0.2) is 46.8 Å². The van der Waals surface area contributed by atoms with Crippen LogP contribution in [0.3, 0.4) is 0 Å². The van der Waals surface area contributed by atoms with Crippen molar-refractivity contribution < 1.29 is 17.9 Å². The van der Waals surface area contributed by atoms with Crippen LogP contribution in [0.5, 0.6) is 0 Å². The highest BCUT2D eigenvalue weighted by Crippen LogP contribution is 2.35. The van der Waals surface area contributed by atoms with E-state index in [0.29, 0.717) is 11.1 Å². The Morgan fingerprint density at radius 2 is 1.84 bits per heavy atom. The van der Waals surface area contributed by atoms with Gasteiger partial charge in [-0.05, 0) is 17.7 Å². The van der Waals surface area contributed by atoms with E-state index in [1.165, 1.54) is 30.5 Å². The van der Waals surface area contributed by atoms with Crippen molar-refractivity contribution in [2.45, 2.75) is 4.90 Å². The Hall–Kier alpha value is -2.87.